The number of carbonyl (C=O) groups is 2. The topological polar surface area (TPSA) is 130 Å². The van der Waals surface area contributed by atoms with Gasteiger partial charge in [0.05, 0.1) is 17.7 Å². The molecule has 0 atom stereocenters. The summed E-state index contributed by atoms with van der Waals surface area (Å²) in [6, 6.07) is 15.6. The molecule has 0 aliphatic heterocycles. The number of hydrogen-bond donors (Lipinski definition) is 3. The molecule has 0 aliphatic carbocycles. The lowest BCUT2D eigenvalue weighted by molar-refractivity contribution is -0.136. The maximum Gasteiger partial charge on any atom is 0.329 e. The molecule has 1 aromatic heterocycles. The molecule has 0 bridgehead atoms. The van der Waals surface area contributed by atoms with Gasteiger partial charge in [-0.15, -0.1) is 0 Å². The van der Waals surface area contributed by atoms with Crippen molar-refractivity contribution in [2.75, 3.05) is 5.32 Å². The van der Waals surface area contributed by atoms with E-state index in [9.17, 15) is 18.0 Å². The van der Waals surface area contributed by atoms with E-state index in [0.29, 0.717) is 16.5 Å². The predicted octanol–water partition coefficient (Wildman–Crippen LogP) is 3.26. The number of benzene rings is 2. The summed E-state index contributed by atoms with van der Waals surface area (Å²) in [5.74, 6) is -1.34. The first-order valence-corrected chi connectivity index (χ1v) is 11.6. The summed E-state index contributed by atoms with van der Waals surface area (Å²) in [5.41, 5.74) is 2.43. The summed E-state index contributed by atoms with van der Waals surface area (Å²) >= 11 is 9.07. The van der Waals surface area contributed by atoms with Gasteiger partial charge in [-0.25, -0.2) is 18.6 Å². The Kier molecular flexibility index (Phi) is 7.80. The summed E-state index contributed by atoms with van der Waals surface area (Å²) in [6.07, 6.45) is 1.18. The van der Waals surface area contributed by atoms with Gasteiger partial charge < -0.3 is 9.73 Å². The standard InChI is InChI=1S/C20H16BrClN4O5S/c21-13-4-8-18(9-5-13)32(29,30)24-12-17-7-6-16(31-17)11-23-26-20(28)19(27)25-15-3-1-2-14(22)10-15/h1-11,24H,12H2,(H,25,27)(H,26,28)/b23-11+. The van der Waals surface area contributed by atoms with E-state index in [1.807, 2.05) is 0 Å². The number of amides is 2. The molecule has 2 aromatic carbocycles. The monoisotopic (exact) mass is 538 g/mol. The van der Waals surface area contributed by atoms with Crippen LogP contribution in [0.25, 0.3) is 0 Å². The maximum atomic E-state index is 12.3. The van der Waals surface area contributed by atoms with E-state index < -0.39 is 21.8 Å². The van der Waals surface area contributed by atoms with E-state index in [4.69, 9.17) is 16.0 Å². The minimum atomic E-state index is -3.71. The fourth-order valence-electron chi connectivity index (χ4n) is 2.38. The van der Waals surface area contributed by atoms with E-state index in [2.05, 4.69) is 36.5 Å². The van der Waals surface area contributed by atoms with Crippen molar-refractivity contribution in [2.24, 2.45) is 5.10 Å². The number of carbonyl (C=O) groups excluding carboxylic acids is 2. The van der Waals surface area contributed by atoms with Crippen molar-refractivity contribution in [3.05, 3.63) is 81.7 Å². The third kappa shape index (κ3) is 6.76. The van der Waals surface area contributed by atoms with E-state index in [1.165, 1.54) is 30.5 Å². The van der Waals surface area contributed by atoms with E-state index >= 15 is 0 Å². The SMILES string of the molecule is O=C(N/N=C/c1ccc(CNS(=O)(=O)c2ccc(Br)cc2)o1)C(=O)Nc1cccc(Cl)c1. The Balaban J connectivity index is 1.50. The molecule has 3 rings (SSSR count). The summed E-state index contributed by atoms with van der Waals surface area (Å²) in [7, 11) is -3.71. The predicted molar refractivity (Wildman–Crippen MR) is 123 cm³/mol. The van der Waals surface area contributed by atoms with Crippen molar-refractivity contribution < 1.29 is 22.4 Å². The molecule has 0 radical (unpaired) electrons. The van der Waals surface area contributed by atoms with Crippen molar-refractivity contribution >= 4 is 61.3 Å². The second-order valence-electron chi connectivity index (χ2n) is 6.25. The van der Waals surface area contributed by atoms with Crippen LogP contribution >= 0.6 is 27.5 Å². The minimum Gasteiger partial charge on any atom is -0.459 e. The highest BCUT2D eigenvalue weighted by Crippen LogP contribution is 2.16. The third-order valence-corrected chi connectivity index (χ3v) is 6.07. The van der Waals surface area contributed by atoms with Crippen LogP contribution in [0.3, 0.4) is 0 Å². The molecule has 1 heterocycles. The fraction of sp³-hybridized carbons (Fsp3) is 0.0500. The quantitative estimate of drug-likeness (QED) is 0.241. The Morgan fingerprint density at radius 3 is 2.53 bits per heavy atom. The van der Waals surface area contributed by atoms with Crippen LogP contribution in [0.2, 0.25) is 5.02 Å². The van der Waals surface area contributed by atoms with E-state index in [-0.39, 0.29) is 17.2 Å². The molecule has 0 unspecified atom stereocenters. The molecule has 9 nitrogen and oxygen atoms in total. The molecular formula is C20H16BrClN4O5S. The smallest absolute Gasteiger partial charge is 0.329 e. The molecular weight excluding hydrogens is 524 g/mol. The number of sulfonamides is 1. The van der Waals surface area contributed by atoms with Gasteiger partial charge in [0.1, 0.15) is 11.5 Å². The van der Waals surface area contributed by atoms with Crippen molar-refractivity contribution in [1.29, 1.82) is 0 Å². The highest BCUT2D eigenvalue weighted by Gasteiger charge is 2.15. The van der Waals surface area contributed by atoms with Crippen LogP contribution in [0.1, 0.15) is 11.5 Å². The zero-order chi connectivity index (χ0) is 23.1. The number of hydrogen-bond acceptors (Lipinski definition) is 6. The summed E-state index contributed by atoms with van der Waals surface area (Å²) in [6.45, 7) is -0.0827. The number of furan rings is 1. The lowest BCUT2D eigenvalue weighted by Crippen LogP contribution is -2.32. The first-order chi connectivity index (χ1) is 15.2. The Hall–Kier alpha value is -2.99. The number of nitrogens with zero attached hydrogens (tertiary/aromatic N) is 1. The van der Waals surface area contributed by atoms with Crippen LogP contribution in [-0.2, 0) is 26.2 Å². The first-order valence-electron chi connectivity index (χ1n) is 8.97. The number of nitrogens with one attached hydrogen (secondary N) is 3. The van der Waals surface area contributed by atoms with Crippen LogP contribution in [-0.4, -0.2) is 26.4 Å². The zero-order valence-electron chi connectivity index (χ0n) is 16.2. The highest BCUT2D eigenvalue weighted by molar-refractivity contribution is 9.10. The van der Waals surface area contributed by atoms with Crippen LogP contribution < -0.4 is 15.5 Å². The number of rotatable bonds is 7. The van der Waals surface area contributed by atoms with Crippen molar-refractivity contribution in [1.82, 2.24) is 10.1 Å². The molecule has 0 saturated heterocycles. The maximum absolute atomic E-state index is 12.3. The number of halogens is 2. The normalized spacial score (nSPS) is 11.4. The van der Waals surface area contributed by atoms with Crippen molar-refractivity contribution in [3.8, 4) is 0 Å². The molecule has 0 aliphatic rings. The number of anilines is 1. The Morgan fingerprint density at radius 1 is 1.06 bits per heavy atom. The second-order valence-corrected chi connectivity index (χ2v) is 9.37. The van der Waals surface area contributed by atoms with Crippen molar-refractivity contribution in [2.45, 2.75) is 11.4 Å². The third-order valence-electron chi connectivity index (χ3n) is 3.89. The average Bonchev–Trinajstić information content (AvgIpc) is 3.20. The van der Waals surface area contributed by atoms with Gasteiger partial charge in [-0.2, -0.15) is 5.10 Å². The van der Waals surface area contributed by atoms with Crippen LogP contribution in [0.5, 0.6) is 0 Å². The van der Waals surface area contributed by atoms with Gasteiger partial charge >= 0.3 is 11.8 Å². The second kappa shape index (κ2) is 10.6. The molecule has 3 aromatic rings. The molecule has 0 spiro atoms. The molecule has 3 N–H and O–H groups in total. The van der Waals surface area contributed by atoms with Crippen LogP contribution in [0, 0.1) is 0 Å². The van der Waals surface area contributed by atoms with Gasteiger partial charge in [-0.1, -0.05) is 33.6 Å². The van der Waals surface area contributed by atoms with Crippen molar-refractivity contribution in [3.63, 3.8) is 0 Å². The lowest BCUT2D eigenvalue weighted by Gasteiger charge is -2.05. The van der Waals surface area contributed by atoms with E-state index in [0.717, 1.165) is 4.47 Å². The molecule has 0 saturated carbocycles. The Bertz CT molecular complexity index is 1260. The van der Waals surface area contributed by atoms with Crippen LogP contribution in [0.15, 0.2) is 79.6 Å². The lowest BCUT2D eigenvalue weighted by atomic mass is 10.3. The Labute approximate surface area is 197 Å². The molecule has 2 amide bonds. The summed E-state index contributed by atoms with van der Waals surface area (Å²) in [4.78, 5) is 23.8. The van der Waals surface area contributed by atoms with Gasteiger partial charge in [0, 0.05) is 15.2 Å². The summed E-state index contributed by atoms with van der Waals surface area (Å²) in [5, 5.41) is 6.44. The van der Waals surface area contributed by atoms with Gasteiger partial charge in [0.2, 0.25) is 10.0 Å². The largest absolute Gasteiger partial charge is 0.459 e. The van der Waals surface area contributed by atoms with Gasteiger partial charge in [0.15, 0.2) is 0 Å². The molecule has 0 fully saturated rings. The van der Waals surface area contributed by atoms with Gasteiger partial charge in [-0.3, -0.25) is 9.59 Å². The molecule has 32 heavy (non-hydrogen) atoms. The first kappa shape index (κ1) is 23.7. The summed E-state index contributed by atoms with van der Waals surface area (Å²) < 4.78 is 33.2. The van der Waals surface area contributed by atoms with Gasteiger partial charge in [-0.05, 0) is 54.6 Å². The minimum absolute atomic E-state index is 0.0827. The Morgan fingerprint density at radius 2 is 1.81 bits per heavy atom. The average molecular weight is 540 g/mol. The zero-order valence-corrected chi connectivity index (χ0v) is 19.4. The van der Waals surface area contributed by atoms with Gasteiger partial charge in [0.25, 0.3) is 0 Å². The molecule has 166 valence electrons. The highest BCUT2D eigenvalue weighted by atomic mass is 79.9. The fourth-order valence-corrected chi connectivity index (χ4v) is 3.83. The number of hydrazone groups is 1. The van der Waals surface area contributed by atoms with E-state index in [1.54, 1.807) is 36.4 Å². The van der Waals surface area contributed by atoms with Crippen LogP contribution in [0.4, 0.5) is 5.69 Å². The molecule has 12 heteroatoms.